The van der Waals surface area contributed by atoms with Crippen molar-refractivity contribution in [3.05, 3.63) is 0 Å². The second kappa shape index (κ2) is 7.10. The lowest BCUT2D eigenvalue weighted by Gasteiger charge is -2.31. The molecule has 1 saturated carbocycles. The molecule has 18 heavy (non-hydrogen) atoms. The number of carbonyl (C=O) groups is 1. The van der Waals surface area contributed by atoms with Gasteiger partial charge in [-0.05, 0) is 38.5 Å². The molecule has 1 aliphatic rings. The van der Waals surface area contributed by atoms with Crippen molar-refractivity contribution in [1.29, 1.82) is 0 Å². The molecule has 106 valence electrons. The fourth-order valence-electron chi connectivity index (χ4n) is 2.36. The lowest BCUT2D eigenvalue weighted by atomic mass is 9.87. The van der Waals surface area contributed by atoms with Crippen molar-refractivity contribution >= 4 is 5.97 Å². The SMILES string of the molecule is CCC(O)(CC)COC1CCC(C(=O)OC)CC1. The maximum absolute atomic E-state index is 11.4. The summed E-state index contributed by atoms with van der Waals surface area (Å²) in [6.07, 6.45) is 5.01. The molecule has 0 aromatic carbocycles. The van der Waals surface area contributed by atoms with Crippen LogP contribution in [0.25, 0.3) is 0 Å². The number of methoxy groups -OCH3 is 1. The maximum Gasteiger partial charge on any atom is 0.308 e. The highest BCUT2D eigenvalue weighted by atomic mass is 16.5. The molecular formula is C14H26O4. The molecule has 0 bridgehead atoms. The first-order valence-corrected chi connectivity index (χ1v) is 6.96. The molecule has 0 aliphatic heterocycles. The van der Waals surface area contributed by atoms with Crippen molar-refractivity contribution in [2.75, 3.05) is 13.7 Å². The van der Waals surface area contributed by atoms with Crippen molar-refractivity contribution in [3.63, 3.8) is 0 Å². The molecule has 1 fully saturated rings. The molecule has 0 saturated heterocycles. The zero-order valence-corrected chi connectivity index (χ0v) is 11.8. The molecule has 1 rings (SSSR count). The molecule has 0 radical (unpaired) electrons. The van der Waals surface area contributed by atoms with Gasteiger partial charge in [-0.1, -0.05) is 13.8 Å². The molecule has 1 N–H and O–H groups in total. The molecule has 0 atom stereocenters. The third-order valence-electron chi connectivity index (χ3n) is 4.11. The minimum absolute atomic E-state index is 0.0334. The van der Waals surface area contributed by atoms with Crippen LogP contribution in [0.1, 0.15) is 52.4 Å². The van der Waals surface area contributed by atoms with Crippen LogP contribution in [0.2, 0.25) is 0 Å². The summed E-state index contributed by atoms with van der Waals surface area (Å²) in [4.78, 5) is 11.4. The van der Waals surface area contributed by atoms with Gasteiger partial charge in [0.25, 0.3) is 0 Å². The van der Waals surface area contributed by atoms with E-state index < -0.39 is 5.60 Å². The van der Waals surface area contributed by atoms with Gasteiger partial charge in [0.2, 0.25) is 0 Å². The van der Waals surface area contributed by atoms with Gasteiger partial charge in [0.05, 0.1) is 31.3 Å². The van der Waals surface area contributed by atoms with Crippen LogP contribution in [0.5, 0.6) is 0 Å². The van der Waals surface area contributed by atoms with E-state index >= 15 is 0 Å². The Bertz CT molecular complexity index is 253. The summed E-state index contributed by atoms with van der Waals surface area (Å²) in [5, 5.41) is 10.1. The Hall–Kier alpha value is -0.610. The van der Waals surface area contributed by atoms with E-state index in [-0.39, 0.29) is 18.0 Å². The van der Waals surface area contributed by atoms with Crippen molar-refractivity contribution in [1.82, 2.24) is 0 Å². The van der Waals surface area contributed by atoms with E-state index in [1.54, 1.807) is 0 Å². The van der Waals surface area contributed by atoms with Crippen LogP contribution in [0, 0.1) is 5.92 Å². The quantitative estimate of drug-likeness (QED) is 0.743. The van der Waals surface area contributed by atoms with Gasteiger partial charge in [0.1, 0.15) is 0 Å². The molecule has 4 nitrogen and oxygen atoms in total. The number of carbonyl (C=O) groups excluding carboxylic acids is 1. The van der Waals surface area contributed by atoms with E-state index in [0.717, 1.165) is 25.7 Å². The third-order valence-corrected chi connectivity index (χ3v) is 4.11. The predicted molar refractivity (Wildman–Crippen MR) is 69.2 cm³/mol. The monoisotopic (exact) mass is 258 g/mol. The van der Waals surface area contributed by atoms with Gasteiger partial charge in [-0.2, -0.15) is 0 Å². The standard InChI is InChI=1S/C14H26O4/c1-4-14(16,5-2)10-18-12-8-6-11(7-9-12)13(15)17-3/h11-12,16H,4-10H2,1-3H3. The number of hydrogen-bond acceptors (Lipinski definition) is 4. The number of rotatable bonds is 6. The second-order valence-corrected chi connectivity index (χ2v) is 5.24. The van der Waals surface area contributed by atoms with Gasteiger partial charge in [0, 0.05) is 0 Å². The summed E-state index contributed by atoms with van der Waals surface area (Å²) in [5.74, 6) is -0.0712. The van der Waals surface area contributed by atoms with Crippen LogP contribution in [0.3, 0.4) is 0 Å². The van der Waals surface area contributed by atoms with E-state index in [0.29, 0.717) is 19.4 Å². The third kappa shape index (κ3) is 4.25. The average Bonchev–Trinajstić information content (AvgIpc) is 2.44. The number of ether oxygens (including phenoxy) is 2. The van der Waals surface area contributed by atoms with Gasteiger partial charge in [-0.25, -0.2) is 0 Å². The summed E-state index contributed by atoms with van der Waals surface area (Å²) in [7, 11) is 1.44. The molecule has 0 aromatic rings. The molecule has 4 heteroatoms. The minimum atomic E-state index is -0.695. The van der Waals surface area contributed by atoms with E-state index in [4.69, 9.17) is 9.47 Å². The van der Waals surface area contributed by atoms with Gasteiger partial charge >= 0.3 is 5.97 Å². The highest BCUT2D eigenvalue weighted by Gasteiger charge is 2.29. The summed E-state index contributed by atoms with van der Waals surface area (Å²) in [5.41, 5.74) is -0.695. The molecule has 0 heterocycles. The van der Waals surface area contributed by atoms with Crippen LogP contribution >= 0.6 is 0 Å². The first-order valence-electron chi connectivity index (χ1n) is 6.96. The topological polar surface area (TPSA) is 55.8 Å². The number of esters is 1. The Balaban J connectivity index is 2.29. The van der Waals surface area contributed by atoms with Crippen molar-refractivity contribution in [3.8, 4) is 0 Å². The lowest BCUT2D eigenvalue weighted by molar-refractivity contribution is -0.148. The van der Waals surface area contributed by atoms with Crippen LogP contribution in [0.15, 0.2) is 0 Å². The van der Waals surface area contributed by atoms with Gasteiger partial charge < -0.3 is 14.6 Å². The maximum atomic E-state index is 11.4. The molecule has 0 amide bonds. The molecule has 0 aromatic heterocycles. The smallest absolute Gasteiger partial charge is 0.308 e. The fourth-order valence-corrected chi connectivity index (χ4v) is 2.36. The van der Waals surface area contributed by atoms with Gasteiger partial charge in [-0.15, -0.1) is 0 Å². The summed E-state index contributed by atoms with van der Waals surface area (Å²) in [6, 6.07) is 0. The van der Waals surface area contributed by atoms with E-state index in [1.165, 1.54) is 7.11 Å². The van der Waals surface area contributed by atoms with Crippen LogP contribution in [0.4, 0.5) is 0 Å². The van der Waals surface area contributed by atoms with Gasteiger partial charge in [-0.3, -0.25) is 4.79 Å². The minimum Gasteiger partial charge on any atom is -0.469 e. The van der Waals surface area contributed by atoms with Crippen LogP contribution < -0.4 is 0 Å². The molecule has 0 unspecified atom stereocenters. The zero-order chi connectivity index (χ0) is 13.6. The fraction of sp³-hybridized carbons (Fsp3) is 0.929. The highest BCUT2D eigenvalue weighted by molar-refractivity contribution is 5.72. The Morgan fingerprint density at radius 2 is 1.78 bits per heavy atom. The molecular weight excluding hydrogens is 232 g/mol. The van der Waals surface area contributed by atoms with Crippen LogP contribution in [-0.2, 0) is 14.3 Å². The second-order valence-electron chi connectivity index (χ2n) is 5.24. The first kappa shape index (κ1) is 15.4. The number of hydrogen-bond donors (Lipinski definition) is 1. The lowest BCUT2D eigenvalue weighted by Crippen LogP contribution is -2.36. The Labute approximate surface area is 110 Å². The largest absolute Gasteiger partial charge is 0.469 e. The average molecular weight is 258 g/mol. The van der Waals surface area contributed by atoms with Crippen molar-refractivity contribution < 1.29 is 19.4 Å². The number of aliphatic hydroxyl groups is 1. The van der Waals surface area contributed by atoms with E-state index in [9.17, 15) is 9.90 Å². The summed E-state index contributed by atoms with van der Waals surface area (Å²) in [6.45, 7) is 4.34. The molecule has 0 spiro atoms. The predicted octanol–water partition coefficient (Wildman–Crippen LogP) is 2.29. The Morgan fingerprint density at radius 3 is 2.22 bits per heavy atom. The van der Waals surface area contributed by atoms with Crippen LogP contribution in [-0.4, -0.2) is 36.5 Å². The normalized spacial score (nSPS) is 24.9. The van der Waals surface area contributed by atoms with E-state index in [1.807, 2.05) is 13.8 Å². The summed E-state index contributed by atoms with van der Waals surface area (Å²) >= 11 is 0. The van der Waals surface area contributed by atoms with Gasteiger partial charge in [0.15, 0.2) is 0 Å². The van der Waals surface area contributed by atoms with Crippen molar-refractivity contribution in [2.45, 2.75) is 64.1 Å². The van der Waals surface area contributed by atoms with E-state index in [2.05, 4.69) is 0 Å². The highest BCUT2D eigenvalue weighted by Crippen LogP contribution is 2.28. The Morgan fingerprint density at radius 1 is 1.22 bits per heavy atom. The zero-order valence-electron chi connectivity index (χ0n) is 11.8. The van der Waals surface area contributed by atoms with Crippen molar-refractivity contribution in [2.24, 2.45) is 5.92 Å². The first-order chi connectivity index (χ1) is 8.54. The molecule has 1 aliphatic carbocycles. The Kier molecular flexibility index (Phi) is 6.09. The summed E-state index contributed by atoms with van der Waals surface area (Å²) < 4.78 is 10.5.